The lowest BCUT2D eigenvalue weighted by Crippen LogP contribution is -2.21. The van der Waals surface area contributed by atoms with Gasteiger partial charge in [0.1, 0.15) is 5.82 Å². The molecular formula is C10H15FN2S. The smallest absolute Gasteiger partial charge is 0.148 e. The predicted octanol–water partition coefficient (Wildman–Crippen LogP) is 2.21. The van der Waals surface area contributed by atoms with Gasteiger partial charge in [0.25, 0.3) is 0 Å². The molecule has 2 N–H and O–H groups in total. The molecule has 1 aromatic rings. The summed E-state index contributed by atoms with van der Waals surface area (Å²) >= 11 is 1.76. The van der Waals surface area contributed by atoms with Gasteiger partial charge in [-0.15, -0.1) is 0 Å². The molecule has 1 aromatic carbocycles. The Balaban J connectivity index is 2.79. The van der Waals surface area contributed by atoms with Gasteiger partial charge in [-0.1, -0.05) is 6.07 Å². The molecule has 4 heteroatoms. The summed E-state index contributed by atoms with van der Waals surface area (Å²) in [6.45, 7) is 0.870. The average Bonchev–Trinajstić information content (AvgIpc) is 2.18. The molecule has 0 fully saturated rings. The highest BCUT2D eigenvalue weighted by atomic mass is 32.2. The van der Waals surface area contributed by atoms with Gasteiger partial charge in [-0.2, -0.15) is 11.8 Å². The maximum Gasteiger partial charge on any atom is 0.148 e. The minimum Gasteiger partial charge on any atom is -0.395 e. The van der Waals surface area contributed by atoms with Crippen molar-refractivity contribution in [3.63, 3.8) is 0 Å². The molecule has 0 bridgehead atoms. The van der Waals surface area contributed by atoms with Gasteiger partial charge in [0.15, 0.2) is 0 Å². The normalized spacial score (nSPS) is 10.2. The van der Waals surface area contributed by atoms with E-state index in [2.05, 4.69) is 0 Å². The molecule has 0 aliphatic carbocycles. The largest absolute Gasteiger partial charge is 0.395 e. The fourth-order valence-electron chi connectivity index (χ4n) is 1.21. The summed E-state index contributed by atoms with van der Waals surface area (Å²) in [4.78, 5) is 1.97. The second-order valence-electron chi connectivity index (χ2n) is 3.09. The number of para-hydroxylation sites is 1. The number of thioether (sulfide) groups is 1. The van der Waals surface area contributed by atoms with Crippen molar-refractivity contribution < 1.29 is 4.39 Å². The van der Waals surface area contributed by atoms with E-state index in [0.29, 0.717) is 0 Å². The maximum absolute atomic E-state index is 13.1. The summed E-state index contributed by atoms with van der Waals surface area (Å²) in [5.41, 5.74) is 6.63. The fourth-order valence-corrected chi connectivity index (χ4v) is 1.66. The Morgan fingerprint density at radius 2 is 2.21 bits per heavy atom. The molecule has 0 aliphatic heterocycles. The van der Waals surface area contributed by atoms with Crippen molar-refractivity contribution in [1.29, 1.82) is 0 Å². The van der Waals surface area contributed by atoms with Crippen LogP contribution in [0, 0.1) is 5.82 Å². The zero-order chi connectivity index (χ0) is 10.6. The molecule has 0 spiro atoms. The molecule has 0 saturated carbocycles. The number of nitrogens with zero attached hydrogens (tertiary/aromatic N) is 1. The van der Waals surface area contributed by atoms with Crippen molar-refractivity contribution >= 4 is 23.1 Å². The summed E-state index contributed by atoms with van der Waals surface area (Å²) in [6.07, 6.45) is 2.04. The number of nitrogens with two attached hydrogens (primary N) is 1. The molecule has 0 radical (unpaired) electrons. The number of benzene rings is 1. The third-order valence-corrected chi connectivity index (χ3v) is 2.66. The van der Waals surface area contributed by atoms with E-state index < -0.39 is 0 Å². The summed E-state index contributed by atoms with van der Waals surface area (Å²) in [7, 11) is 1.92. The second kappa shape index (κ2) is 5.10. The van der Waals surface area contributed by atoms with Gasteiger partial charge < -0.3 is 10.6 Å². The monoisotopic (exact) mass is 214 g/mol. The summed E-state index contributed by atoms with van der Waals surface area (Å²) in [5.74, 6) is 0.658. The Kier molecular flexibility index (Phi) is 4.07. The summed E-state index contributed by atoms with van der Waals surface area (Å²) in [6, 6.07) is 4.89. The van der Waals surface area contributed by atoms with Crippen LogP contribution in [0.25, 0.3) is 0 Å². The molecule has 1 rings (SSSR count). The SMILES string of the molecule is CSCCN(C)c1cccc(F)c1N. The first-order valence-electron chi connectivity index (χ1n) is 4.41. The molecule has 0 atom stereocenters. The molecule has 0 heterocycles. The van der Waals surface area contributed by atoms with Gasteiger partial charge >= 0.3 is 0 Å². The van der Waals surface area contributed by atoms with Crippen LogP contribution in [0.1, 0.15) is 0 Å². The first-order valence-corrected chi connectivity index (χ1v) is 5.80. The Morgan fingerprint density at radius 1 is 1.50 bits per heavy atom. The van der Waals surface area contributed by atoms with Gasteiger partial charge in [0.05, 0.1) is 11.4 Å². The standard InChI is InChI=1S/C10H15FN2S/c1-13(6-7-14-2)9-5-3-4-8(11)10(9)12/h3-5H,6-7,12H2,1-2H3. The van der Waals surface area contributed by atoms with E-state index in [1.54, 1.807) is 17.8 Å². The topological polar surface area (TPSA) is 29.3 Å². The van der Waals surface area contributed by atoms with E-state index >= 15 is 0 Å². The van der Waals surface area contributed by atoms with Crippen LogP contribution in [0.4, 0.5) is 15.8 Å². The number of nitrogen functional groups attached to an aromatic ring is 1. The van der Waals surface area contributed by atoms with Gasteiger partial charge in [0, 0.05) is 19.3 Å². The zero-order valence-electron chi connectivity index (χ0n) is 8.46. The maximum atomic E-state index is 13.1. The van der Waals surface area contributed by atoms with E-state index in [9.17, 15) is 4.39 Å². The van der Waals surface area contributed by atoms with Crippen molar-refractivity contribution in [2.24, 2.45) is 0 Å². The van der Waals surface area contributed by atoms with Crippen molar-refractivity contribution in [2.45, 2.75) is 0 Å². The number of hydrogen-bond donors (Lipinski definition) is 1. The minimum atomic E-state index is -0.349. The quantitative estimate of drug-likeness (QED) is 0.779. The third-order valence-electron chi connectivity index (χ3n) is 2.07. The van der Waals surface area contributed by atoms with Crippen LogP contribution < -0.4 is 10.6 Å². The highest BCUT2D eigenvalue weighted by molar-refractivity contribution is 7.98. The molecule has 0 unspecified atom stereocenters. The lowest BCUT2D eigenvalue weighted by Gasteiger charge is -2.20. The van der Waals surface area contributed by atoms with Crippen LogP contribution >= 0.6 is 11.8 Å². The van der Waals surface area contributed by atoms with Gasteiger partial charge in [0.2, 0.25) is 0 Å². The van der Waals surface area contributed by atoms with Crippen molar-refractivity contribution in [3.8, 4) is 0 Å². The van der Waals surface area contributed by atoms with E-state index in [0.717, 1.165) is 18.0 Å². The lowest BCUT2D eigenvalue weighted by atomic mass is 10.2. The third kappa shape index (κ3) is 2.54. The Morgan fingerprint density at radius 3 is 2.86 bits per heavy atom. The molecule has 0 amide bonds. The highest BCUT2D eigenvalue weighted by Gasteiger charge is 2.07. The zero-order valence-corrected chi connectivity index (χ0v) is 9.27. The van der Waals surface area contributed by atoms with Gasteiger partial charge in [-0.05, 0) is 18.4 Å². The van der Waals surface area contributed by atoms with Crippen molar-refractivity contribution in [3.05, 3.63) is 24.0 Å². The Hall–Kier alpha value is -0.900. The van der Waals surface area contributed by atoms with E-state index in [1.165, 1.54) is 6.07 Å². The minimum absolute atomic E-state index is 0.233. The molecule has 0 saturated heterocycles. The number of halogens is 1. The number of rotatable bonds is 4. The predicted molar refractivity (Wildman–Crippen MR) is 62.5 cm³/mol. The van der Waals surface area contributed by atoms with E-state index in [-0.39, 0.29) is 11.5 Å². The van der Waals surface area contributed by atoms with Gasteiger partial charge in [-0.25, -0.2) is 4.39 Å². The van der Waals surface area contributed by atoms with Crippen molar-refractivity contribution in [2.75, 3.05) is 36.2 Å². The molecule has 14 heavy (non-hydrogen) atoms. The Bertz CT molecular complexity index is 304. The molecule has 0 aromatic heterocycles. The molecular weight excluding hydrogens is 199 g/mol. The van der Waals surface area contributed by atoms with Crippen LogP contribution in [0.3, 0.4) is 0 Å². The Labute approximate surface area is 88.3 Å². The van der Waals surface area contributed by atoms with Crippen LogP contribution in [0.2, 0.25) is 0 Å². The van der Waals surface area contributed by atoms with E-state index in [4.69, 9.17) is 5.73 Å². The number of anilines is 2. The molecule has 78 valence electrons. The van der Waals surface area contributed by atoms with Gasteiger partial charge in [-0.3, -0.25) is 0 Å². The summed E-state index contributed by atoms with van der Waals surface area (Å²) < 4.78 is 13.1. The molecule has 0 aliphatic rings. The average molecular weight is 214 g/mol. The summed E-state index contributed by atoms with van der Waals surface area (Å²) in [5, 5.41) is 0. The van der Waals surface area contributed by atoms with Crippen LogP contribution in [-0.4, -0.2) is 25.6 Å². The highest BCUT2D eigenvalue weighted by Crippen LogP contribution is 2.24. The lowest BCUT2D eigenvalue weighted by molar-refractivity contribution is 0.632. The number of hydrogen-bond acceptors (Lipinski definition) is 3. The second-order valence-corrected chi connectivity index (χ2v) is 4.07. The van der Waals surface area contributed by atoms with Crippen LogP contribution in [0.15, 0.2) is 18.2 Å². The molecule has 2 nitrogen and oxygen atoms in total. The van der Waals surface area contributed by atoms with E-state index in [1.807, 2.05) is 24.3 Å². The van der Waals surface area contributed by atoms with Crippen LogP contribution in [0.5, 0.6) is 0 Å². The fraction of sp³-hybridized carbons (Fsp3) is 0.400. The van der Waals surface area contributed by atoms with Crippen molar-refractivity contribution in [1.82, 2.24) is 0 Å². The van der Waals surface area contributed by atoms with Crippen LogP contribution in [-0.2, 0) is 0 Å². The first kappa shape index (κ1) is 11.2. The first-order chi connectivity index (χ1) is 6.66.